The normalized spacial score (nSPS) is 11.5. The van der Waals surface area contributed by atoms with Crippen LogP contribution in [0.2, 0.25) is 0 Å². The number of nitrogens with zero attached hydrogens (tertiary/aromatic N) is 1. The molecule has 0 radical (unpaired) electrons. The number of nitrogens with one attached hydrogen (secondary N) is 1. The fourth-order valence-corrected chi connectivity index (χ4v) is 2.95. The van der Waals surface area contributed by atoms with Crippen molar-refractivity contribution in [1.29, 1.82) is 0 Å². The van der Waals surface area contributed by atoms with Crippen LogP contribution in [0.4, 0.5) is 4.79 Å². The van der Waals surface area contributed by atoms with Gasteiger partial charge in [0.2, 0.25) is 5.91 Å². The van der Waals surface area contributed by atoms with Gasteiger partial charge in [-0.3, -0.25) is 4.79 Å². The molecule has 5 heteroatoms. The van der Waals surface area contributed by atoms with Gasteiger partial charge < -0.3 is 15.0 Å². The van der Waals surface area contributed by atoms with E-state index < -0.39 is 12.1 Å². The third kappa shape index (κ3) is 7.06. The number of alkyl carbamates (subject to hydrolysis) is 1. The summed E-state index contributed by atoms with van der Waals surface area (Å²) in [7, 11) is 0. The van der Waals surface area contributed by atoms with Crippen molar-refractivity contribution < 1.29 is 14.3 Å². The van der Waals surface area contributed by atoms with Crippen LogP contribution in [0.1, 0.15) is 37.8 Å². The summed E-state index contributed by atoms with van der Waals surface area (Å²) in [5.74, 6) is -0.0727. The van der Waals surface area contributed by atoms with Crippen molar-refractivity contribution >= 4 is 12.0 Å². The van der Waals surface area contributed by atoms with E-state index in [0.29, 0.717) is 19.5 Å². The molecule has 28 heavy (non-hydrogen) atoms. The highest BCUT2D eigenvalue weighted by atomic mass is 16.5. The maximum atomic E-state index is 13.1. The van der Waals surface area contributed by atoms with Crippen LogP contribution >= 0.6 is 0 Å². The highest BCUT2D eigenvalue weighted by Gasteiger charge is 2.26. The number of benzene rings is 2. The first-order valence-electron chi connectivity index (χ1n) is 9.94. The van der Waals surface area contributed by atoms with Crippen LogP contribution in [0.3, 0.4) is 0 Å². The molecule has 0 aliphatic heterocycles. The fraction of sp³-hybridized carbons (Fsp3) is 0.391. The minimum Gasteiger partial charge on any atom is -0.445 e. The van der Waals surface area contributed by atoms with Gasteiger partial charge in [0, 0.05) is 19.5 Å². The number of hydrogen-bond acceptors (Lipinski definition) is 3. The zero-order chi connectivity index (χ0) is 20.2. The summed E-state index contributed by atoms with van der Waals surface area (Å²) in [5, 5.41) is 2.77. The zero-order valence-electron chi connectivity index (χ0n) is 16.8. The van der Waals surface area contributed by atoms with E-state index >= 15 is 0 Å². The average molecular weight is 383 g/mol. The number of ether oxygens (including phenoxy) is 1. The van der Waals surface area contributed by atoms with E-state index in [2.05, 4.69) is 12.2 Å². The molecule has 2 aromatic rings. The summed E-state index contributed by atoms with van der Waals surface area (Å²) in [6.45, 7) is 5.54. The fourth-order valence-electron chi connectivity index (χ4n) is 2.95. The molecule has 5 nitrogen and oxygen atoms in total. The van der Waals surface area contributed by atoms with Gasteiger partial charge in [0.25, 0.3) is 0 Å². The third-order valence-corrected chi connectivity index (χ3v) is 4.56. The maximum absolute atomic E-state index is 13.1. The standard InChI is InChI=1S/C23H30N2O3/c1-3-5-16-25(4-2)22(26)21(17-19-12-8-6-9-13-19)24-23(27)28-18-20-14-10-7-11-15-20/h6-15,21H,3-5,16-18H2,1-2H3,(H,24,27)/t21-/m0/s1. The van der Waals surface area contributed by atoms with E-state index in [-0.39, 0.29) is 12.5 Å². The number of carbonyl (C=O) groups excluding carboxylic acids is 2. The van der Waals surface area contributed by atoms with Gasteiger partial charge in [-0.25, -0.2) is 4.79 Å². The van der Waals surface area contributed by atoms with E-state index in [1.807, 2.05) is 67.6 Å². The average Bonchev–Trinajstić information content (AvgIpc) is 2.73. The number of carbonyl (C=O) groups is 2. The Labute approximate surface area is 167 Å². The predicted octanol–water partition coefficient (Wildman–Crippen LogP) is 4.17. The zero-order valence-corrected chi connectivity index (χ0v) is 16.8. The molecule has 150 valence electrons. The summed E-state index contributed by atoms with van der Waals surface area (Å²) in [5.41, 5.74) is 1.90. The topological polar surface area (TPSA) is 58.6 Å². The number of likely N-dealkylation sites (N-methyl/N-ethyl adjacent to an activating group) is 1. The molecule has 0 aliphatic rings. The largest absolute Gasteiger partial charge is 0.445 e. The van der Waals surface area contributed by atoms with Crippen molar-refractivity contribution in [3.63, 3.8) is 0 Å². The van der Waals surface area contributed by atoms with E-state index in [1.54, 1.807) is 4.90 Å². The molecular weight excluding hydrogens is 352 g/mol. The van der Waals surface area contributed by atoms with E-state index in [0.717, 1.165) is 24.0 Å². The first-order chi connectivity index (χ1) is 13.6. The lowest BCUT2D eigenvalue weighted by atomic mass is 10.0. The van der Waals surface area contributed by atoms with Crippen LogP contribution in [0.5, 0.6) is 0 Å². The number of rotatable bonds is 10. The van der Waals surface area contributed by atoms with Crippen molar-refractivity contribution in [3.05, 3.63) is 71.8 Å². The van der Waals surface area contributed by atoms with Crippen LogP contribution in [0.25, 0.3) is 0 Å². The molecule has 1 N–H and O–H groups in total. The monoisotopic (exact) mass is 382 g/mol. The molecule has 0 saturated carbocycles. The van der Waals surface area contributed by atoms with Gasteiger partial charge in [0.1, 0.15) is 12.6 Å². The molecule has 0 aromatic heterocycles. The van der Waals surface area contributed by atoms with Crippen LogP contribution in [-0.2, 0) is 22.6 Å². The summed E-state index contributed by atoms with van der Waals surface area (Å²) >= 11 is 0. The first kappa shape index (κ1) is 21.5. The SMILES string of the molecule is CCCCN(CC)C(=O)[C@H](Cc1ccccc1)NC(=O)OCc1ccccc1. The van der Waals surface area contributed by atoms with Gasteiger partial charge >= 0.3 is 6.09 Å². The molecule has 2 aromatic carbocycles. The van der Waals surface area contributed by atoms with Crippen molar-refractivity contribution in [2.45, 2.75) is 45.8 Å². The van der Waals surface area contributed by atoms with Gasteiger partial charge in [0.15, 0.2) is 0 Å². The third-order valence-electron chi connectivity index (χ3n) is 4.56. The summed E-state index contributed by atoms with van der Waals surface area (Å²) in [4.78, 5) is 27.2. The molecule has 0 bridgehead atoms. The van der Waals surface area contributed by atoms with Crippen molar-refractivity contribution in [1.82, 2.24) is 10.2 Å². The smallest absolute Gasteiger partial charge is 0.408 e. The van der Waals surface area contributed by atoms with Gasteiger partial charge in [-0.2, -0.15) is 0 Å². The van der Waals surface area contributed by atoms with Crippen molar-refractivity contribution in [2.75, 3.05) is 13.1 Å². The molecule has 0 aliphatic carbocycles. The minimum atomic E-state index is -0.650. The highest BCUT2D eigenvalue weighted by molar-refractivity contribution is 5.86. The summed E-state index contributed by atoms with van der Waals surface area (Å²) in [6, 6.07) is 18.5. The Hall–Kier alpha value is -2.82. The predicted molar refractivity (Wildman–Crippen MR) is 111 cm³/mol. The van der Waals surface area contributed by atoms with E-state index in [1.165, 1.54) is 0 Å². The van der Waals surface area contributed by atoms with Crippen LogP contribution in [-0.4, -0.2) is 36.0 Å². The molecule has 2 rings (SSSR count). The second kappa shape index (κ2) is 11.8. The molecule has 0 spiro atoms. The molecule has 0 fully saturated rings. The Morgan fingerprint density at radius 3 is 2.14 bits per heavy atom. The highest BCUT2D eigenvalue weighted by Crippen LogP contribution is 2.08. The first-order valence-corrected chi connectivity index (χ1v) is 9.94. The Bertz CT molecular complexity index is 719. The molecule has 2 amide bonds. The maximum Gasteiger partial charge on any atom is 0.408 e. The van der Waals surface area contributed by atoms with E-state index in [4.69, 9.17) is 4.74 Å². The van der Waals surface area contributed by atoms with Gasteiger partial charge in [0.05, 0.1) is 0 Å². The molecule has 0 unspecified atom stereocenters. The second-order valence-corrected chi connectivity index (χ2v) is 6.72. The van der Waals surface area contributed by atoms with Crippen molar-refractivity contribution in [3.8, 4) is 0 Å². The quantitative estimate of drug-likeness (QED) is 0.671. The number of amides is 2. The lowest BCUT2D eigenvalue weighted by Gasteiger charge is -2.27. The van der Waals surface area contributed by atoms with E-state index in [9.17, 15) is 9.59 Å². The van der Waals surface area contributed by atoms with Gasteiger partial charge in [-0.15, -0.1) is 0 Å². The number of unbranched alkanes of at least 4 members (excludes halogenated alkanes) is 1. The summed E-state index contributed by atoms with van der Waals surface area (Å²) in [6.07, 6.45) is 1.81. The minimum absolute atomic E-state index is 0.0727. The molecule has 0 saturated heterocycles. The number of hydrogen-bond donors (Lipinski definition) is 1. The lowest BCUT2D eigenvalue weighted by Crippen LogP contribution is -2.50. The Kier molecular flexibility index (Phi) is 9.05. The Balaban J connectivity index is 2.03. The van der Waals surface area contributed by atoms with Crippen molar-refractivity contribution in [2.24, 2.45) is 0 Å². The van der Waals surface area contributed by atoms with Gasteiger partial charge in [-0.05, 0) is 24.5 Å². The Morgan fingerprint density at radius 1 is 0.964 bits per heavy atom. The van der Waals surface area contributed by atoms with Gasteiger partial charge in [-0.1, -0.05) is 74.0 Å². The second-order valence-electron chi connectivity index (χ2n) is 6.72. The van der Waals surface area contributed by atoms with Crippen LogP contribution in [0, 0.1) is 0 Å². The molecule has 1 atom stereocenters. The van der Waals surface area contributed by atoms with Crippen LogP contribution < -0.4 is 5.32 Å². The lowest BCUT2D eigenvalue weighted by molar-refractivity contribution is -0.133. The van der Waals surface area contributed by atoms with Crippen LogP contribution in [0.15, 0.2) is 60.7 Å². The molecule has 0 heterocycles. The summed E-state index contributed by atoms with van der Waals surface area (Å²) < 4.78 is 5.32. The molecular formula is C23H30N2O3. The Morgan fingerprint density at radius 2 is 1.57 bits per heavy atom.